The molecule has 0 bridgehead atoms. The van der Waals surface area contributed by atoms with Crippen molar-refractivity contribution in [3.63, 3.8) is 0 Å². The summed E-state index contributed by atoms with van der Waals surface area (Å²) in [6.45, 7) is 1.84. The SMILES string of the molecule is COc1ccc(CSc2nnnn2-c2c(C)n(C)n(-c3ccccc3)c2=O)cc1F. The molecule has 10 heteroatoms. The second-order valence-corrected chi connectivity index (χ2v) is 7.48. The highest BCUT2D eigenvalue weighted by molar-refractivity contribution is 7.98. The predicted molar refractivity (Wildman–Crippen MR) is 111 cm³/mol. The zero-order chi connectivity index (χ0) is 21.3. The molecule has 8 nitrogen and oxygen atoms in total. The first-order valence-electron chi connectivity index (χ1n) is 9.09. The fraction of sp³-hybridized carbons (Fsp3) is 0.200. The van der Waals surface area contributed by atoms with Gasteiger partial charge in [0.1, 0.15) is 0 Å². The normalized spacial score (nSPS) is 11.1. The largest absolute Gasteiger partial charge is 0.494 e. The quantitative estimate of drug-likeness (QED) is 0.441. The molecule has 0 saturated carbocycles. The molecule has 0 radical (unpaired) electrons. The van der Waals surface area contributed by atoms with Gasteiger partial charge in [-0.15, -0.1) is 5.10 Å². The number of hydrogen-bond donors (Lipinski definition) is 0. The lowest BCUT2D eigenvalue weighted by molar-refractivity contribution is 0.386. The fourth-order valence-corrected chi connectivity index (χ4v) is 3.97. The third kappa shape index (κ3) is 3.50. The van der Waals surface area contributed by atoms with Crippen molar-refractivity contribution in [2.45, 2.75) is 17.8 Å². The standard InChI is InChI=1S/C20H19FN6O2S/c1-13-18(19(28)27(25(13)2)15-7-5-4-6-8-15)26-20(22-23-24-26)30-12-14-9-10-17(29-3)16(21)11-14/h4-11H,12H2,1-3H3. The van der Waals surface area contributed by atoms with Gasteiger partial charge >= 0.3 is 0 Å². The molecular weight excluding hydrogens is 407 g/mol. The van der Waals surface area contributed by atoms with Crippen LogP contribution in [0.2, 0.25) is 0 Å². The third-order valence-electron chi connectivity index (χ3n) is 4.76. The first kappa shape index (κ1) is 19.9. The number of hydrogen-bond acceptors (Lipinski definition) is 6. The van der Waals surface area contributed by atoms with Crippen LogP contribution in [-0.4, -0.2) is 36.7 Å². The Morgan fingerprint density at radius 3 is 2.63 bits per heavy atom. The molecule has 2 aromatic heterocycles. The summed E-state index contributed by atoms with van der Waals surface area (Å²) < 4.78 is 23.7. The molecule has 0 aliphatic rings. The van der Waals surface area contributed by atoms with E-state index in [4.69, 9.17) is 4.74 Å². The van der Waals surface area contributed by atoms with Gasteiger partial charge in [0.15, 0.2) is 17.3 Å². The zero-order valence-corrected chi connectivity index (χ0v) is 17.4. The first-order valence-corrected chi connectivity index (χ1v) is 10.1. The highest BCUT2D eigenvalue weighted by Gasteiger charge is 2.22. The van der Waals surface area contributed by atoms with E-state index in [-0.39, 0.29) is 11.3 Å². The van der Waals surface area contributed by atoms with Crippen LogP contribution in [0.25, 0.3) is 11.4 Å². The monoisotopic (exact) mass is 426 g/mol. The number of nitrogens with zero attached hydrogens (tertiary/aromatic N) is 6. The van der Waals surface area contributed by atoms with Crippen molar-refractivity contribution in [1.82, 2.24) is 29.6 Å². The van der Waals surface area contributed by atoms with E-state index in [2.05, 4.69) is 15.5 Å². The van der Waals surface area contributed by atoms with Crippen LogP contribution < -0.4 is 10.3 Å². The van der Waals surface area contributed by atoms with Gasteiger partial charge in [-0.1, -0.05) is 36.0 Å². The van der Waals surface area contributed by atoms with Gasteiger partial charge in [-0.05, 0) is 47.2 Å². The molecule has 0 saturated heterocycles. The summed E-state index contributed by atoms with van der Waals surface area (Å²) in [5.41, 5.74) is 2.35. The Morgan fingerprint density at radius 2 is 1.93 bits per heavy atom. The minimum atomic E-state index is -0.431. The highest BCUT2D eigenvalue weighted by Crippen LogP contribution is 2.25. The molecule has 2 aromatic carbocycles. The maximum atomic E-state index is 13.9. The van der Waals surface area contributed by atoms with Crippen molar-refractivity contribution in [2.24, 2.45) is 7.05 Å². The average Bonchev–Trinajstić information content (AvgIpc) is 3.29. The summed E-state index contributed by atoms with van der Waals surface area (Å²) in [4.78, 5) is 13.2. The van der Waals surface area contributed by atoms with E-state index in [9.17, 15) is 9.18 Å². The van der Waals surface area contributed by atoms with Crippen molar-refractivity contribution in [3.05, 3.63) is 76.0 Å². The summed E-state index contributed by atoms with van der Waals surface area (Å²) in [6.07, 6.45) is 0. The molecule has 4 aromatic rings. The molecule has 4 rings (SSSR count). The van der Waals surface area contributed by atoms with Gasteiger partial charge in [0.25, 0.3) is 5.56 Å². The summed E-state index contributed by atoms with van der Waals surface area (Å²) in [6, 6.07) is 14.1. The van der Waals surface area contributed by atoms with Crippen LogP contribution in [0.15, 0.2) is 58.5 Å². The number of thioether (sulfide) groups is 1. The number of halogens is 1. The lowest BCUT2D eigenvalue weighted by atomic mass is 10.2. The van der Waals surface area contributed by atoms with Gasteiger partial charge in [-0.25, -0.2) is 9.07 Å². The molecule has 154 valence electrons. The number of rotatable bonds is 6. The molecule has 0 unspecified atom stereocenters. The van der Waals surface area contributed by atoms with Crippen molar-refractivity contribution in [2.75, 3.05) is 7.11 Å². The Balaban J connectivity index is 1.67. The lowest BCUT2D eigenvalue weighted by Gasteiger charge is -2.07. The van der Waals surface area contributed by atoms with Crippen molar-refractivity contribution >= 4 is 11.8 Å². The number of tetrazole rings is 1. The van der Waals surface area contributed by atoms with E-state index >= 15 is 0 Å². The fourth-order valence-electron chi connectivity index (χ4n) is 3.15. The number of methoxy groups -OCH3 is 1. The number of aromatic nitrogens is 6. The smallest absolute Gasteiger partial charge is 0.297 e. The molecule has 0 N–H and O–H groups in total. The Labute approximate surface area is 175 Å². The minimum Gasteiger partial charge on any atom is -0.494 e. The highest BCUT2D eigenvalue weighted by atomic mass is 32.2. The van der Waals surface area contributed by atoms with E-state index < -0.39 is 5.82 Å². The maximum Gasteiger partial charge on any atom is 0.297 e. The molecule has 0 spiro atoms. The van der Waals surface area contributed by atoms with E-state index in [1.54, 1.807) is 21.5 Å². The second-order valence-electron chi connectivity index (χ2n) is 6.54. The van der Waals surface area contributed by atoms with Gasteiger partial charge in [0.05, 0.1) is 18.5 Å². The summed E-state index contributed by atoms with van der Waals surface area (Å²) in [5.74, 6) is 0.190. The molecule has 0 aliphatic heterocycles. The molecule has 0 aliphatic carbocycles. The Hall–Kier alpha value is -3.40. The maximum absolute atomic E-state index is 13.9. The van der Waals surface area contributed by atoms with Crippen molar-refractivity contribution in [1.29, 1.82) is 0 Å². The van der Waals surface area contributed by atoms with Gasteiger partial charge in [-0.3, -0.25) is 9.48 Å². The Morgan fingerprint density at radius 1 is 1.17 bits per heavy atom. The van der Waals surface area contributed by atoms with E-state index in [0.717, 1.165) is 11.3 Å². The van der Waals surface area contributed by atoms with Gasteiger partial charge < -0.3 is 4.74 Å². The van der Waals surface area contributed by atoms with Gasteiger partial charge in [0, 0.05) is 12.8 Å². The predicted octanol–water partition coefficient (Wildman–Crippen LogP) is 2.90. The Kier molecular flexibility index (Phi) is 5.40. The first-order chi connectivity index (χ1) is 14.5. The lowest BCUT2D eigenvalue weighted by Crippen LogP contribution is -2.22. The van der Waals surface area contributed by atoms with Crippen LogP contribution in [0.1, 0.15) is 11.3 Å². The molecule has 0 amide bonds. The van der Waals surface area contributed by atoms with Crippen LogP contribution in [0.4, 0.5) is 4.39 Å². The van der Waals surface area contributed by atoms with Crippen LogP contribution in [0.5, 0.6) is 5.75 Å². The third-order valence-corrected chi connectivity index (χ3v) is 5.75. The topological polar surface area (TPSA) is 79.8 Å². The number of para-hydroxylation sites is 1. The van der Waals surface area contributed by atoms with Crippen molar-refractivity contribution in [3.8, 4) is 17.1 Å². The van der Waals surface area contributed by atoms with Crippen LogP contribution in [-0.2, 0) is 12.8 Å². The zero-order valence-electron chi connectivity index (χ0n) is 16.6. The van der Waals surface area contributed by atoms with Gasteiger partial charge in [-0.2, -0.15) is 4.68 Å². The van der Waals surface area contributed by atoms with Crippen LogP contribution in [0.3, 0.4) is 0 Å². The van der Waals surface area contributed by atoms with E-state index in [1.165, 1.54) is 29.6 Å². The molecule has 2 heterocycles. The molecule has 30 heavy (non-hydrogen) atoms. The summed E-state index contributed by atoms with van der Waals surface area (Å²) in [5, 5.41) is 12.3. The summed E-state index contributed by atoms with van der Waals surface area (Å²) >= 11 is 1.31. The van der Waals surface area contributed by atoms with Gasteiger partial charge in [0.2, 0.25) is 5.16 Å². The van der Waals surface area contributed by atoms with E-state index in [1.807, 2.05) is 44.3 Å². The number of ether oxygens (including phenoxy) is 1. The molecule has 0 fully saturated rings. The Bertz CT molecular complexity index is 1250. The number of benzene rings is 2. The van der Waals surface area contributed by atoms with Crippen molar-refractivity contribution < 1.29 is 9.13 Å². The van der Waals surface area contributed by atoms with Crippen LogP contribution >= 0.6 is 11.8 Å². The average molecular weight is 426 g/mol. The molecular formula is C20H19FN6O2S. The molecule has 0 atom stereocenters. The van der Waals surface area contributed by atoms with E-state index in [0.29, 0.717) is 22.3 Å². The summed E-state index contributed by atoms with van der Waals surface area (Å²) in [7, 11) is 3.23. The second kappa shape index (κ2) is 8.15. The van der Waals surface area contributed by atoms with Crippen LogP contribution in [0, 0.1) is 12.7 Å². The minimum absolute atomic E-state index is 0.190.